The molecule has 0 aliphatic heterocycles. The summed E-state index contributed by atoms with van der Waals surface area (Å²) in [5.41, 5.74) is 2.24. The number of urea groups is 1. The van der Waals surface area contributed by atoms with Crippen LogP contribution in [0.3, 0.4) is 0 Å². The van der Waals surface area contributed by atoms with Crippen molar-refractivity contribution in [3.8, 4) is 5.75 Å². The maximum absolute atomic E-state index is 13.7. The van der Waals surface area contributed by atoms with E-state index < -0.39 is 12.0 Å². The Labute approximate surface area is 270 Å². The number of hydrogen-bond donors (Lipinski definition) is 3. The first kappa shape index (κ1) is 34.0. The van der Waals surface area contributed by atoms with Crippen molar-refractivity contribution < 1.29 is 29.0 Å². The number of ether oxygens (including phenoxy) is 1. The first-order valence-corrected chi connectivity index (χ1v) is 15.9. The number of likely N-dealkylation sites (N-methyl/N-ethyl adjacent to an activating group) is 1. The molecule has 10 nitrogen and oxygen atoms in total. The number of benzene rings is 3. The van der Waals surface area contributed by atoms with E-state index in [1.54, 1.807) is 54.4 Å². The van der Waals surface area contributed by atoms with Crippen molar-refractivity contribution in [3.05, 3.63) is 84.4 Å². The van der Waals surface area contributed by atoms with Crippen LogP contribution in [-0.4, -0.2) is 55.7 Å². The number of carbonyl (C=O) groups excluding carboxylic acids is 3. The fourth-order valence-electron chi connectivity index (χ4n) is 5.85. The highest BCUT2D eigenvalue weighted by Crippen LogP contribution is 2.33. The topological polar surface area (TPSA) is 128 Å². The van der Waals surface area contributed by atoms with Gasteiger partial charge >= 0.3 is 12.0 Å². The zero-order valence-electron chi connectivity index (χ0n) is 26.6. The molecule has 0 saturated heterocycles. The number of nitrogens with one attached hydrogen (secondary N) is 2. The minimum Gasteiger partial charge on any atom is -0.482 e. The van der Waals surface area contributed by atoms with Gasteiger partial charge in [0.2, 0.25) is 5.91 Å². The van der Waals surface area contributed by atoms with Crippen molar-refractivity contribution in [3.63, 3.8) is 0 Å². The Balaban J connectivity index is 1.45. The molecule has 3 aromatic carbocycles. The maximum Gasteiger partial charge on any atom is 0.319 e. The number of nitrogens with zero attached hydrogens (tertiary/aromatic N) is 2. The van der Waals surface area contributed by atoms with Crippen molar-refractivity contribution in [2.75, 3.05) is 41.9 Å². The third-order valence-electron chi connectivity index (χ3n) is 8.53. The third kappa shape index (κ3) is 10.1. The van der Waals surface area contributed by atoms with Crippen LogP contribution in [-0.2, 0) is 20.8 Å². The van der Waals surface area contributed by atoms with Gasteiger partial charge in [0.15, 0.2) is 6.61 Å². The molecule has 244 valence electrons. The highest BCUT2D eigenvalue weighted by molar-refractivity contribution is 5.99. The number of anilines is 3. The van der Waals surface area contributed by atoms with Crippen LogP contribution in [0.25, 0.3) is 0 Å². The zero-order chi connectivity index (χ0) is 32.9. The second-order valence-electron chi connectivity index (χ2n) is 11.8. The van der Waals surface area contributed by atoms with Gasteiger partial charge in [0, 0.05) is 25.0 Å². The molecule has 4 amide bonds. The van der Waals surface area contributed by atoms with Crippen LogP contribution in [0.2, 0.25) is 0 Å². The summed E-state index contributed by atoms with van der Waals surface area (Å²) in [6.07, 6.45) is 6.75. The molecule has 0 heterocycles. The Hall–Kier alpha value is -4.86. The molecular formula is C36H44N4O6. The van der Waals surface area contributed by atoms with Gasteiger partial charge in [0.1, 0.15) is 5.75 Å². The van der Waals surface area contributed by atoms with Crippen LogP contribution in [0.4, 0.5) is 21.9 Å². The minimum absolute atomic E-state index is 0.167. The summed E-state index contributed by atoms with van der Waals surface area (Å²) in [5, 5.41) is 14.4. The Morgan fingerprint density at radius 1 is 0.913 bits per heavy atom. The van der Waals surface area contributed by atoms with E-state index in [0.29, 0.717) is 41.1 Å². The fraction of sp³-hybridized carbons (Fsp3) is 0.389. The summed E-state index contributed by atoms with van der Waals surface area (Å²) in [6, 6.07) is 22.4. The standard InChI is InChI=1S/C36H44N4O6/c1-26(28-13-5-3-6-14-28)20-21-40(33(41)24-37-36(45)38-29-15-11-12-27(22-29)23-35(43)44)31-18-9-10-19-32(31)46-25-34(42)39(2)30-16-7-4-8-17-30/h4,7-12,15-19,22,26,28H,3,5-6,13-14,20-21,23-25H2,1-2H3,(H,43,44)(H2,37,38,45). The van der Waals surface area contributed by atoms with E-state index in [0.717, 1.165) is 12.1 Å². The quantitative estimate of drug-likeness (QED) is 0.198. The van der Waals surface area contributed by atoms with E-state index >= 15 is 0 Å². The molecule has 0 bridgehead atoms. The molecule has 0 spiro atoms. The summed E-state index contributed by atoms with van der Waals surface area (Å²) < 4.78 is 6.01. The van der Waals surface area contributed by atoms with Crippen LogP contribution in [0.5, 0.6) is 5.75 Å². The average Bonchev–Trinajstić information content (AvgIpc) is 3.07. The Morgan fingerprint density at radius 2 is 1.63 bits per heavy atom. The van der Waals surface area contributed by atoms with E-state index in [4.69, 9.17) is 9.84 Å². The van der Waals surface area contributed by atoms with Gasteiger partial charge in [-0.05, 0) is 60.2 Å². The van der Waals surface area contributed by atoms with Gasteiger partial charge in [0.25, 0.3) is 5.91 Å². The lowest BCUT2D eigenvalue weighted by molar-refractivity contribution is -0.136. The molecule has 3 aromatic rings. The third-order valence-corrected chi connectivity index (χ3v) is 8.53. The number of amides is 4. The number of hydrogen-bond acceptors (Lipinski definition) is 5. The fourth-order valence-corrected chi connectivity index (χ4v) is 5.85. The van der Waals surface area contributed by atoms with Crippen LogP contribution in [0, 0.1) is 11.8 Å². The van der Waals surface area contributed by atoms with Crippen LogP contribution in [0.1, 0.15) is 51.0 Å². The molecule has 3 N–H and O–H groups in total. The van der Waals surface area contributed by atoms with Crippen LogP contribution >= 0.6 is 0 Å². The SMILES string of the molecule is CC(CCN(C(=O)CNC(=O)Nc1cccc(CC(=O)O)c1)c1ccccc1OCC(=O)N(C)c1ccccc1)C1CCCCC1. The van der Waals surface area contributed by atoms with E-state index in [9.17, 15) is 19.2 Å². The molecular weight excluding hydrogens is 584 g/mol. The maximum atomic E-state index is 13.7. The van der Waals surface area contributed by atoms with Gasteiger partial charge in [0.05, 0.1) is 18.7 Å². The molecule has 1 saturated carbocycles. The second kappa shape index (κ2) is 17.0. The number of carbonyl (C=O) groups is 4. The first-order valence-electron chi connectivity index (χ1n) is 15.9. The minimum atomic E-state index is -0.970. The largest absolute Gasteiger partial charge is 0.482 e. The lowest BCUT2D eigenvalue weighted by Gasteiger charge is -2.31. The van der Waals surface area contributed by atoms with Gasteiger partial charge in [-0.3, -0.25) is 14.4 Å². The molecule has 1 atom stereocenters. The summed E-state index contributed by atoms with van der Waals surface area (Å²) in [4.78, 5) is 53.6. The molecule has 1 unspecified atom stereocenters. The zero-order valence-corrected chi connectivity index (χ0v) is 26.6. The number of aliphatic carboxylic acids is 1. The number of carboxylic acids is 1. The van der Waals surface area contributed by atoms with E-state index in [1.807, 2.05) is 36.4 Å². The smallest absolute Gasteiger partial charge is 0.319 e. The molecule has 1 aliphatic carbocycles. The Kier molecular flexibility index (Phi) is 12.6. The number of carboxylic acid groups (broad SMARTS) is 1. The van der Waals surface area contributed by atoms with E-state index in [1.165, 1.54) is 37.0 Å². The number of para-hydroxylation sites is 3. The van der Waals surface area contributed by atoms with Crippen molar-refractivity contribution in [2.45, 2.75) is 51.9 Å². The summed E-state index contributed by atoms with van der Waals surface area (Å²) in [6.45, 7) is 2.17. The molecule has 0 radical (unpaired) electrons. The predicted molar refractivity (Wildman–Crippen MR) is 179 cm³/mol. The lowest BCUT2D eigenvalue weighted by Crippen LogP contribution is -2.43. The summed E-state index contributed by atoms with van der Waals surface area (Å²) >= 11 is 0. The Morgan fingerprint density at radius 3 is 2.37 bits per heavy atom. The molecule has 0 aromatic heterocycles. The van der Waals surface area contributed by atoms with Crippen molar-refractivity contribution >= 4 is 40.9 Å². The molecule has 46 heavy (non-hydrogen) atoms. The molecule has 4 rings (SSSR count). The van der Waals surface area contributed by atoms with Crippen molar-refractivity contribution in [1.82, 2.24) is 5.32 Å². The molecule has 10 heteroatoms. The van der Waals surface area contributed by atoms with Gasteiger partial charge in [-0.25, -0.2) is 4.79 Å². The first-order chi connectivity index (χ1) is 22.2. The van der Waals surface area contributed by atoms with Gasteiger partial charge < -0.3 is 30.3 Å². The highest BCUT2D eigenvalue weighted by atomic mass is 16.5. The van der Waals surface area contributed by atoms with Crippen LogP contribution in [0.15, 0.2) is 78.9 Å². The predicted octanol–water partition coefficient (Wildman–Crippen LogP) is 6.12. The van der Waals surface area contributed by atoms with E-state index in [-0.39, 0.29) is 31.4 Å². The van der Waals surface area contributed by atoms with Gasteiger partial charge in [-0.15, -0.1) is 0 Å². The monoisotopic (exact) mass is 628 g/mol. The second-order valence-corrected chi connectivity index (χ2v) is 11.8. The summed E-state index contributed by atoms with van der Waals surface area (Å²) in [7, 11) is 1.69. The van der Waals surface area contributed by atoms with Crippen molar-refractivity contribution in [1.29, 1.82) is 0 Å². The van der Waals surface area contributed by atoms with Crippen molar-refractivity contribution in [2.24, 2.45) is 11.8 Å². The lowest BCUT2D eigenvalue weighted by atomic mass is 9.79. The van der Waals surface area contributed by atoms with E-state index in [2.05, 4.69) is 17.6 Å². The highest BCUT2D eigenvalue weighted by Gasteiger charge is 2.25. The molecule has 1 aliphatic rings. The Bertz CT molecular complexity index is 1470. The van der Waals surface area contributed by atoms with Gasteiger partial charge in [-0.2, -0.15) is 0 Å². The van der Waals surface area contributed by atoms with Gasteiger partial charge in [-0.1, -0.05) is 81.5 Å². The van der Waals surface area contributed by atoms with Crippen LogP contribution < -0.4 is 25.2 Å². The molecule has 1 fully saturated rings. The average molecular weight is 629 g/mol. The summed E-state index contributed by atoms with van der Waals surface area (Å²) in [5.74, 6) is -0.106. The number of rotatable bonds is 14. The normalized spacial score (nSPS) is 13.7.